The van der Waals surface area contributed by atoms with Crippen LogP contribution in [-0.4, -0.2) is 34.6 Å². The standard InChI is InChI=1S/C29H28FNO5/c1-2-4-22-17-23(29(34)20-5-8-24(30)9-6-20)7-12-27(22)35-16-3-14-31-15-13-21-18-25(10-11-26(21)31)36-19-28(32)33/h5-13,15,17-18H,2-4,14,16,19H2,1H3,(H,32,33). The van der Waals surface area contributed by atoms with Gasteiger partial charge in [0.05, 0.1) is 6.61 Å². The van der Waals surface area contributed by atoms with E-state index in [1.54, 1.807) is 12.1 Å². The Balaban J connectivity index is 1.37. The van der Waals surface area contributed by atoms with E-state index < -0.39 is 5.97 Å². The smallest absolute Gasteiger partial charge is 0.341 e. The number of carbonyl (C=O) groups excluding carboxylic acids is 1. The third-order valence-electron chi connectivity index (χ3n) is 5.85. The van der Waals surface area contributed by atoms with Gasteiger partial charge in [-0.15, -0.1) is 0 Å². The molecule has 0 aliphatic heterocycles. The lowest BCUT2D eigenvalue weighted by molar-refractivity contribution is -0.139. The van der Waals surface area contributed by atoms with E-state index in [9.17, 15) is 14.0 Å². The van der Waals surface area contributed by atoms with Gasteiger partial charge in [0.1, 0.15) is 17.3 Å². The van der Waals surface area contributed by atoms with E-state index in [2.05, 4.69) is 11.5 Å². The van der Waals surface area contributed by atoms with Crippen molar-refractivity contribution in [3.05, 3.63) is 95.4 Å². The van der Waals surface area contributed by atoms with Crippen molar-refractivity contribution in [2.24, 2.45) is 0 Å². The van der Waals surface area contributed by atoms with Crippen molar-refractivity contribution in [3.8, 4) is 11.5 Å². The van der Waals surface area contributed by atoms with Crippen molar-refractivity contribution < 1.29 is 28.6 Å². The highest BCUT2D eigenvalue weighted by atomic mass is 19.1. The zero-order chi connectivity index (χ0) is 25.5. The Morgan fingerprint density at radius 1 is 0.944 bits per heavy atom. The lowest BCUT2D eigenvalue weighted by atomic mass is 9.99. The van der Waals surface area contributed by atoms with Crippen LogP contribution in [0, 0.1) is 5.82 Å². The SMILES string of the molecule is CCCc1cc(C(=O)c2ccc(F)cc2)ccc1OCCCn1ccc2cc(OCC(=O)O)ccc21. The number of rotatable bonds is 12. The fraction of sp³-hybridized carbons (Fsp3) is 0.241. The topological polar surface area (TPSA) is 77.8 Å². The zero-order valence-corrected chi connectivity index (χ0v) is 20.1. The summed E-state index contributed by atoms with van der Waals surface area (Å²) in [5.74, 6) is -0.232. The van der Waals surface area contributed by atoms with Gasteiger partial charge in [0.15, 0.2) is 12.4 Å². The van der Waals surface area contributed by atoms with E-state index in [1.165, 1.54) is 24.3 Å². The minimum atomic E-state index is -1.01. The maximum atomic E-state index is 13.2. The third kappa shape index (κ3) is 6.10. The second kappa shape index (κ2) is 11.5. The second-order valence-electron chi connectivity index (χ2n) is 8.52. The number of carbonyl (C=O) groups is 2. The molecular formula is C29H28FNO5. The minimum Gasteiger partial charge on any atom is -0.493 e. The highest BCUT2D eigenvalue weighted by Gasteiger charge is 2.13. The molecule has 0 spiro atoms. The summed E-state index contributed by atoms with van der Waals surface area (Å²) in [4.78, 5) is 23.5. The van der Waals surface area contributed by atoms with Crippen LogP contribution in [0.5, 0.6) is 11.5 Å². The first-order chi connectivity index (χ1) is 17.4. The van der Waals surface area contributed by atoms with E-state index in [4.69, 9.17) is 14.6 Å². The number of aliphatic carboxylic acids is 1. The highest BCUT2D eigenvalue weighted by molar-refractivity contribution is 6.09. The van der Waals surface area contributed by atoms with Crippen molar-refractivity contribution >= 4 is 22.7 Å². The number of aromatic nitrogens is 1. The van der Waals surface area contributed by atoms with Crippen LogP contribution < -0.4 is 9.47 Å². The second-order valence-corrected chi connectivity index (χ2v) is 8.52. The number of benzene rings is 3. The first-order valence-electron chi connectivity index (χ1n) is 11.9. The molecule has 0 aliphatic carbocycles. The number of aryl methyl sites for hydroxylation is 2. The maximum Gasteiger partial charge on any atom is 0.341 e. The van der Waals surface area contributed by atoms with Crippen LogP contribution in [0.3, 0.4) is 0 Å². The fourth-order valence-electron chi connectivity index (χ4n) is 4.12. The number of ether oxygens (including phenoxy) is 2. The molecule has 186 valence electrons. The molecule has 36 heavy (non-hydrogen) atoms. The molecule has 4 aromatic rings. The van der Waals surface area contributed by atoms with Gasteiger partial charge in [0.2, 0.25) is 0 Å². The molecule has 0 saturated heterocycles. The molecule has 0 amide bonds. The Bertz CT molecular complexity index is 1360. The van der Waals surface area contributed by atoms with Crippen LogP contribution in [0.15, 0.2) is 72.9 Å². The van der Waals surface area contributed by atoms with Crippen LogP contribution >= 0.6 is 0 Å². The summed E-state index contributed by atoms with van der Waals surface area (Å²) in [7, 11) is 0. The molecule has 0 aliphatic rings. The van der Waals surface area contributed by atoms with Gasteiger partial charge in [0, 0.05) is 34.8 Å². The summed E-state index contributed by atoms with van der Waals surface area (Å²) in [6.07, 6.45) is 4.47. The van der Waals surface area contributed by atoms with Crippen molar-refractivity contribution in [2.45, 2.75) is 32.7 Å². The van der Waals surface area contributed by atoms with Gasteiger partial charge < -0.3 is 19.1 Å². The average molecular weight is 490 g/mol. The Kier molecular flexibility index (Phi) is 8.00. The molecule has 1 heterocycles. The summed E-state index contributed by atoms with van der Waals surface area (Å²) in [6, 6.07) is 18.5. The summed E-state index contributed by atoms with van der Waals surface area (Å²) in [6.45, 7) is 2.98. The van der Waals surface area contributed by atoms with Crippen LogP contribution in [0.2, 0.25) is 0 Å². The Morgan fingerprint density at radius 3 is 2.47 bits per heavy atom. The van der Waals surface area contributed by atoms with Crippen molar-refractivity contribution in [3.63, 3.8) is 0 Å². The molecule has 7 heteroatoms. The normalized spacial score (nSPS) is 10.9. The number of hydrogen-bond donors (Lipinski definition) is 1. The van der Waals surface area contributed by atoms with Gasteiger partial charge >= 0.3 is 5.97 Å². The quantitative estimate of drug-likeness (QED) is 0.198. The lowest BCUT2D eigenvalue weighted by Gasteiger charge is -2.13. The van der Waals surface area contributed by atoms with E-state index in [0.29, 0.717) is 23.5 Å². The molecule has 0 radical (unpaired) electrons. The Labute approximate surface area is 208 Å². The van der Waals surface area contributed by atoms with E-state index in [0.717, 1.165) is 48.0 Å². The van der Waals surface area contributed by atoms with Gasteiger partial charge in [-0.25, -0.2) is 9.18 Å². The lowest BCUT2D eigenvalue weighted by Crippen LogP contribution is -2.09. The Hall–Kier alpha value is -4.13. The highest BCUT2D eigenvalue weighted by Crippen LogP contribution is 2.25. The van der Waals surface area contributed by atoms with Crippen LogP contribution in [0.25, 0.3) is 10.9 Å². The third-order valence-corrected chi connectivity index (χ3v) is 5.85. The number of ketones is 1. The largest absolute Gasteiger partial charge is 0.493 e. The van der Waals surface area contributed by atoms with Crippen molar-refractivity contribution in [1.29, 1.82) is 0 Å². The van der Waals surface area contributed by atoms with E-state index in [-0.39, 0.29) is 18.2 Å². The number of hydrogen-bond acceptors (Lipinski definition) is 4. The van der Waals surface area contributed by atoms with Gasteiger partial charge in [-0.05, 0) is 85.1 Å². The van der Waals surface area contributed by atoms with E-state index in [1.807, 2.05) is 36.5 Å². The molecule has 1 N–H and O–H groups in total. The van der Waals surface area contributed by atoms with Gasteiger partial charge in [-0.2, -0.15) is 0 Å². The maximum absolute atomic E-state index is 13.2. The summed E-state index contributed by atoms with van der Waals surface area (Å²) in [5, 5.41) is 9.75. The molecule has 4 rings (SSSR count). The summed E-state index contributed by atoms with van der Waals surface area (Å²) in [5.41, 5.74) is 3.02. The molecule has 3 aromatic carbocycles. The molecule has 6 nitrogen and oxygen atoms in total. The summed E-state index contributed by atoms with van der Waals surface area (Å²) >= 11 is 0. The van der Waals surface area contributed by atoms with Crippen molar-refractivity contribution in [2.75, 3.05) is 13.2 Å². The number of halogens is 1. The fourth-order valence-corrected chi connectivity index (χ4v) is 4.12. The van der Waals surface area contributed by atoms with Crippen LogP contribution in [-0.2, 0) is 17.8 Å². The predicted octanol–water partition coefficient (Wildman–Crippen LogP) is 5.90. The zero-order valence-electron chi connectivity index (χ0n) is 20.1. The van der Waals surface area contributed by atoms with Gasteiger partial charge in [-0.1, -0.05) is 13.3 Å². The van der Waals surface area contributed by atoms with Gasteiger partial charge in [-0.3, -0.25) is 4.79 Å². The Morgan fingerprint density at radius 2 is 1.72 bits per heavy atom. The van der Waals surface area contributed by atoms with Crippen LogP contribution in [0.4, 0.5) is 4.39 Å². The van der Waals surface area contributed by atoms with E-state index >= 15 is 0 Å². The molecule has 1 aromatic heterocycles. The number of fused-ring (bicyclic) bond motifs is 1. The average Bonchev–Trinajstić information content (AvgIpc) is 3.28. The van der Waals surface area contributed by atoms with Crippen molar-refractivity contribution in [1.82, 2.24) is 4.57 Å². The minimum absolute atomic E-state index is 0.144. The molecule has 0 bridgehead atoms. The molecule has 0 unspecified atom stereocenters. The molecule has 0 saturated carbocycles. The first-order valence-corrected chi connectivity index (χ1v) is 11.9. The van der Waals surface area contributed by atoms with Gasteiger partial charge in [0.25, 0.3) is 0 Å². The molecular weight excluding hydrogens is 461 g/mol. The predicted molar refractivity (Wildman–Crippen MR) is 135 cm³/mol. The molecule has 0 atom stereocenters. The monoisotopic (exact) mass is 489 g/mol. The first kappa shape index (κ1) is 25.0. The molecule has 0 fully saturated rings. The van der Waals surface area contributed by atoms with Crippen LogP contribution in [0.1, 0.15) is 41.3 Å². The number of carboxylic acids is 1. The number of nitrogens with zero attached hydrogens (tertiary/aromatic N) is 1. The number of carboxylic acid groups (broad SMARTS) is 1. The summed E-state index contributed by atoms with van der Waals surface area (Å²) < 4.78 is 26.7.